The molecule has 3 nitrogen and oxygen atoms in total. The Labute approximate surface area is 122 Å². The van der Waals surface area contributed by atoms with Crippen molar-refractivity contribution in [2.45, 2.75) is 32.6 Å². The van der Waals surface area contributed by atoms with Crippen molar-refractivity contribution in [2.75, 3.05) is 11.9 Å². The van der Waals surface area contributed by atoms with E-state index in [9.17, 15) is 9.59 Å². The van der Waals surface area contributed by atoms with Gasteiger partial charge in [-0.1, -0.05) is 28.8 Å². The standard InChI is InChI=1S/C15H19BrO3/c1-12-8-13(10-17)15(14(9-12)11-18)19-7-5-3-2-4-6-16/h8-11H,2-7H2,1H3. The quantitative estimate of drug-likeness (QED) is 0.392. The first-order chi connectivity index (χ1) is 9.22. The molecule has 0 unspecified atom stereocenters. The molecule has 1 rings (SSSR count). The van der Waals surface area contributed by atoms with E-state index in [0.29, 0.717) is 23.5 Å². The molecule has 0 aromatic heterocycles. The predicted molar refractivity (Wildman–Crippen MR) is 79.7 cm³/mol. The summed E-state index contributed by atoms with van der Waals surface area (Å²) in [6.45, 7) is 2.39. The molecule has 1 aromatic rings. The third-order valence-electron chi connectivity index (χ3n) is 2.82. The number of hydrogen-bond donors (Lipinski definition) is 0. The molecule has 0 N–H and O–H groups in total. The zero-order chi connectivity index (χ0) is 14.1. The zero-order valence-electron chi connectivity index (χ0n) is 11.2. The van der Waals surface area contributed by atoms with Crippen molar-refractivity contribution < 1.29 is 14.3 Å². The molecule has 0 saturated carbocycles. The molecule has 0 bridgehead atoms. The molecule has 0 aliphatic heterocycles. The van der Waals surface area contributed by atoms with Crippen LogP contribution in [0.25, 0.3) is 0 Å². The van der Waals surface area contributed by atoms with Crippen LogP contribution in [0.4, 0.5) is 0 Å². The number of halogens is 1. The Morgan fingerprint density at radius 2 is 1.63 bits per heavy atom. The zero-order valence-corrected chi connectivity index (χ0v) is 12.7. The number of aldehydes is 2. The maximum Gasteiger partial charge on any atom is 0.153 e. The first kappa shape index (κ1) is 15.9. The minimum Gasteiger partial charge on any atom is -0.492 e. The number of ether oxygens (including phenoxy) is 1. The normalized spacial score (nSPS) is 10.2. The summed E-state index contributed by atoms with van der Waals surface area (Å²) in [5.41, 5.74) is 1.78. The maximum atomic E-state index is 11.0. The molecule has 4 heteroatoms. The van der Waals surface area contributed by atoms with E-state index in [2.05, 4.69) is 15.9 Å². The molecule has 0 atom stereocenters. The van der Waals surface area contributed by atoms with Crippen LogP contribution in [0.5, 0.6) is 5.75 Å². The lowest BCUT2D eigenvalue weighted by Gasteiger charge is -2.11. The van der Waals surface area contributed by atoms with E-state index in [1.807, 2.05) is 6.92 Å². The molecule has 0 aliphatic carbocycles. The maximum absolute atomic E-state index is 11.0. The van der Waals surface area contributed by atoms with E-state index in [4.69, 9.17) is 4.74 Å². The minimum atomic E-state index is 0.413. The summed E-state index contributed by atoms with van der Waals surface area (Å²) in [4.78, 5) is 22.0. The van der Waals surface area contributed by atoms with Crippen LogP contribution in [0, 0.1) is 6.92 Å². The lowest BCUT2D eigenvalue weighted by Crippen LogP contribution is -2.04. The van der Waals surface area contributed by atoms with Crippen LogP contribution in [0.15, 0.2) is 12.1 Å². The predicted octanol–water partition coefficient (Wildman–Crippen LogP) is 3.95. The Balaban J connectivity index is 2.61. The monoisotopic (exact) mass is 326 g/mol. The number of carbonyl (C=O) groups excluding carboxylic acids is 2. The third kappa shape index (κ3) is 5.15. The summed E-state index contributed by atoms with van der Waals surface area (Å²) < 4.78 is 5.61. The number of rotatable bonds is 9. The van der Waals surface area contributed by atoms with E-state index in [-0.39, 0.29) is 0 Å². The number of alkyl halides is 1. The SMILES string of the molecule is Cc1cc(C=O)c(OCCCCCCBr)c(C=O)c1. The molecular formula is C15H19BrO3. The fraction of sp³-hybridized carbons (Fsp3) is 0.467. The van der Waals surface area contributed by atoms with Gasteiger partial charge in [-0.3, -0.25) is 9.59 Å². The summed E-state index contributed by atoms with van der Waals surface area (Å²) in [7, 11) is 0. The van der Waals surface area contributed by atoms with E-state index >= 15 is 0 Å². The highest BCUT2D eigenvalue weighted by Gasteiger charge is 2.10. The van der Waals surface area contributed by atoms with Crippen molar-refractivity contribution in [1.29, 1.82) is 0 Å². The van der Waals surface area contributed by atoms with Crippen molar-refractivity contribution in [2.24, 2.45) is 0 Å². The molecule has 0 spiro atoms. The molecular weight excluding hydrogens is 308 g/mol. The Kier molecular flexibility index (Phi) is 7.41. The van der Waals surface area contributed by atoms with Crippen LogP contribution >= 0.6 is 15.9 Å². The van der Waals surface area contributed by atoms with Crippen LogP contribution < -0.4 is 4.74 Å². The first-order valence-corrected chi connectivity index (χ1v) is 7.58. The second-order valence-electron chi connectivity index (χ2n) is 4.46. The van der Waals surface area contributed by atoms with Gasteiger partial charge in [0.25, 0.3) is 0 Å². The van der Waals surface area contributed by atoms with Crippen LogP contribution in [0.3, 0.4) is 0 Å². The van der Waals surface area contributed by atoms with Gasteiger partial charge in [0.15, 0.2) is 12.6 Å². The third-order valence-corrected chi connectivity index (χ3v) is 3.38. The number of aryl methyl sites for hydroxylation is 1. The highest BCUT2D eigenvalue weighted by molar-refractivity contribution is 9.09. The van der Waals surface area contributed by atoms with E-state index in [0.717, 1.165) is 49.1 Å². The topological polar surface area (TPSA) is 43.4 Å². The van der Waals surface area contributed by atoms with E-state index in [1.54, 1.807) is 12.1 Å². The fourth-order valence-electron chi connectivity index (χ4n) is 1.90. The summed E-state index contributed by atoms with van der Waals surface area (Å²) >= 11 is 3.39. The Morgan fingerprint density at radius 3 is 2.16 bits per heavy atom. The molecule has 0 fully saturated rings. The van der Waals surface area contributed by atoms with Gasteiger partial charge >= 0.3 is 0 Å². The summed E-state index contributed by atoms with van der Waals surface area (Å²) in [5, 5.41) is 1.02. The lowest BCUT2D eigenvalue weighted by atomic mass is 10.1. The average Bonchev–Trinajstić information content (AvgIpc) is 2.43. The molecule has 1 aromatic carbocycles. The minimum absolute atomic E-state index is 0.413. The van der Waals surface area contributed by atoms with Gasteiger partial charge < -0.3 is 4.74 Å². The molecule has 0 amide bonds. The van der Waals surface area contributed by atoms with Gasteiger partial charge in [0.05, 0.1) is 17.7 Å². The van der Waals surface area contributed by atoms with Crippen LogP contribution in [-0.2, 0) is 0 Å². The van der Waals surface area contributed by atoms with Crippen LogP contribution in [-0.4, -0.2) is 24.5 Å². The van der Waals surface area contributed by atoms with Crippen molar-refractivity contribution in [1.82, 2.24) is 0 Å². The average molecular weight is 327 g/mol. The highest BCUT2D eigenvalue weighted by Crippen LogP contribution is 2.24. The lowest BCUT2D eigenvalue weighted by molar-refractivity contribution is 0.111. The van der Waals surface area contributed by atoms with Crippen molar-refractivity contribution in [3.05, 3.63) is 28.8 Å². The van der Waals surface area contributed by atoms with E-state index < -0.39 is 0 Å². The van der Waals surface area contributed by atoms with Gasteiger partial charge in [0.2, 0.25) is 0 Å². The van der Waals surface area contributed by atoms with Crippen molar-refractivity contribution in [3.8, 4) is 5.75 Å². The number of unbranched alkanes of at least 4 members (excludes halogenated alkanes) is 3. The number of hydrogen-bond acceptors (Lipinski definition) is 3. The largest absolute Gasteiger partial charge is 0.492 e. The van der Waals surface area contributed by atoms with Crippen molar-refractivity contribution >= 4 is 28.5 Å². The summed E-state index contributed by atoms with van der Waals surface area (Å²) in [6, 6.07) is 3.47. The molecule has 19 heavy (non-hydrogen) atoms. The second kappa shape index (κ2) is 8.86. The summed E-state index contributed by atoms with van der Waals surface area (Å²) in [6.07, 6.45) is 5.80. The highest BCUT2D eigenvalue weighted by atomic mass is 79.9. The molecule has 0 heterocycles. The van der Waals surface area contributed by atoms with Gasteiger partial charge in [-0.15, -0.1) is 0 Å². The molecule has 104 valence electrons. The first-order valence-electron chi connectivity index (χ1n) is 6.46. The Bertz CT molecular complexity index is 400. The van der Waals surface area contributed by atoms with Gasteiger partial charge in [0, 0.05) is 5.33 Å². The fourth-order valence-corrected chi connectivity index (χ4v) is 2.29. The molecule has 0 saturated heterocycles. The smallest absolute Gasteiger partial charge is 0.153 e. The Hall–Kier alpha value is -1.16. The van der Waals surface area contributed by atoms with Crippen molar-refractivity contribution in [3.63, 3.8) is 0 Å². The van der Waals surface area contributed by atoms with Gasteiger partial charge in [-0.05, 0) is 37.5 Å². The Morgan fingerprint density at radius 1 is 1.05 bits per heavy atom. The molecule has 0 radical (unpaired) electrons. The van der Waals surface area contributed by atoms with Crippen LogP contribution in [0.1, 0.15) is 52.0 Å². The summed E-state index contributed by atoms with van der Waals surface area (Å²) in [5.74, 6) is 0.413. The van der Waals surface area contributed by atoms with Gasteiger partial charge in [-0.2, -0.15) is 0 Å². The molecule has 0 aliphatic rings. The van der Waals surface area contributed by atoms with Gasteiger partial charge in [0.1, 0.15) is 5.75 Å². The number of carbonyl (C=O) groups is 2. The second-order valence-corrected chi connectivity index (χ2v) is 5.25. The van der Waals surface area contributed by atoms with Gasteiger partial charge in [-0.25, -0.2) is 0 Å². The number of benzene rings is 1. The van der Waals surface area contributed by atoms with E-state index in [1.165, 1.54) is 0 Å². The van der Waals surface area contributed by atoms with Crippen LogP contribution in [0.2, 0.25) is 0 Å².